The van der Waals surface area contributed by atoms with Gasteiger partial charge in [0.05, 0.1) is 0 Å². The lowest BCUT2D eigenvalue weighted by Gasteiger charge is -2.11. The van der Waals surface area contributed by atoms with Crippen molar-refractivity contribution < 1.29 is 4.79 Å². The van der Waals surface area contributed by atoms with E-state index in [0.717, 1.165) is 18.4 Å². The summed E-state index contributed by atoms with van der Waals surface area (Å²) >= 11 is 0. The van der Waals surface area contributed by atoms with Gasteiger partial charge < -0.3 is 0 Å². The lowest BCUT2D eigenvalue weighted by atomic mass is 9.92. The van der Waals surface area contributed by atoms with Crippen molar-refractivity contribution >= 4 is 11.9 Å². The summed E-state index contributed by atoms with van der Waals surface area (Å²) in [6, 6.07) is 20.1. The molecule has 0 spiro atoms. The average Bonchev–Trinajstić information content (AvgIpc) is 2.52. The standard InChI is InChI=1S/C19H20O/c1-2-18(15-17-11-7-4-8-12-17)19(20)14-13-16-9-5-3-6-10-16/h3-14,18H,2,15H2,1H3. The Morgan fingerprint density at radius 2 is 1.60 bits per heavy atom. The van der Waals surface area contributed by atoms with Gasteiger partial charge in [-0.3, -0.25) is 4.79 Å². The number of carbonyl (C=O) groups excluding carboxylic acids is 1. The highest BCUT2D eigenvalue weighted by Gasteiger charge is 2.14. The molecule has 1 unspecified atom stereocenters. The van der Waals surface area contributed by atoms with Gasteiger partial charge in [0, 0.05) is 5.92 Å². The number of ketones is 1. The Balaban J connectivity index is 2.01. The molecule has 1 nitrogen and oxygen atoms in total. The van der Waals surface area contributed by atoms with Crippen LogP contribution in [0, 0.1) is 5.92 Å². The van der Waals surface area contributed by atoms with E-state index < -0.39 is 0 Å². The summed E-state index contributed by atoms with van der Waals surface area (Å²) in [5.74, 6) is 0.276. The van der Waals surface area contributed by atoms with Gasteiger partial charge in [0.25, 0.3) is 0 Å². The van der Waals surface area contributed by atoms with E-state index >= 15 is 0 Å². The Kier molecular flexibility index (Phi) is 5.31. The van der Waals surface area contributed by atoms with Gasteiger partial charge >= 0.3 is 0 Å². The first-order valence-electron chi connectivity index (χ1n) is 7.10. The Labute approximate surface area is 121 Å². The molecule has 0 radical (unpaired) electrons. The van der Waals surface area contributed by atoms with Crippen LogP contribution < -0.4 is 0 Å². The summed E-state index contributed by atoms with van der Waals surface area (Å²) in [5, 5.41) is 0. The van der Waals surface area contributed by atoms with Gasteiger partial charge in [-0.1, -0.05) is 73.7 Å². The van der Waals surface area contributed by atoms with Crippen LogP contribution in [0.25, 0.3) is 6.08 Å². The van der Waals surface area contributed by atoms with E-state index in [9.17, 15) is 4.79 Å². The maximum atomic E-state index is 12.3. The van der Waals surface area contributed by atoms with Crippen molar-refractivity contribution in [2.24, 2.45) is 5.92 Å². The smallest absolute Gasteiger partial charge is 0.159 e. The molecule has 0 aliphatic rings. The van der Waals surface area contributed by atoms with E-state index in [-0.39, 0.29) is 11.7 Å². The highest BCUT2D eigenvalue weighted by Crippen LogP contribution is 2.14. The van der Waals surface area contributed by atoms with Crippen molar-refractivity contribution in [3.8, 4) is 0 Å². The highest BCUT2D eigenvalue weighted by atomic mass is 16.1. The van der Waals surface area contributed by atoms with Crippen molar-refractivity contribution in [3.05, 3.63) is 77.9 Å². The van der Waals surface area contributed by atoms with Gasteiger partial charge in [0.15, 0.2) is 5.78 Å². The summed E-state index contributed by atoms with van der Waals surface area (Å²) < 4.78 is 0. The molecule has 0 heterocycles. The van der Waals surface area contributed by atoms with Crippen LogP contribution in [-0.4, -0.2) is 5.78 Å². The van der Waals surface area contributed by atoms with Crippen LogP contribution in [-0.2, 0) is 11.2 Å². The van der Waals surface area contributed by atoms with E-state index in [4.69, 9.17) is 0 Å². The molecule has 2 aromatic carbocycles. The van der Waals surface area contributed by atoms with Gasteiger partial charge in [0.1, 0.15) is 0 Å². The molecule has 2 rings (SSSR count). The molecule has 0 amide bonds. The van der Waals surface area contributed by atoms with Gasteiger partial charge in [-0.05, 0) is 30.0 Å². The molecule has 1 heteroatoms. The lowest BCUT2D eigenvalue weighted by molar-refractivity contribution is -0.118. The van der Waals surface area contributed by atoms with Gasteiger partial charge in [-0.2, -0.15) is 0 Å². The second-order valence-electron chi connectivity index (χ2n) is 4.94. The molecule has 0 aliphatic heterocycles. The fourth-order valence-corrected chi connectivity index (χ4v) is 2.22. The topological polar surface area (TPSA) is 17.1 Å². The number of hydrogen-bond donors (Lipinski definition) is 0. The predicted octanol–water partition coefficient (Wildman–Crippen LogP) is 4.54. The molecule has 0 N–H and O–H groups in total. The van der Waals surface area contributed by atoms with Crippen molar-refractivity contribution in [1.29, 1.82) is 0 Å². The molecule has 0 bridgehead atoms. The van der Waals surface area contributed by atoms with Crippen LogP contribution in [0.3, 0.4) is 0 Å². The summed E-state index contributed by atoms with van der Waals surface area (Å²) in [5.41, 5.74) is 2.29. The number of rotatable bonds is 6. The summed E-state index contributed by atoms with van der Waals surface area (Å²) in [4.78, 5) is 12.3. The maximum absolute atomic E-state index is 12.3. The van der Waals surface area contributed by atoms with Gasteiger partial charge in [0.2, 0.25) is 0 Å². The van der Waals surface area contributed by atoms with Crippen LogP contribution >= 0.6 is 0 Å². The summed E-state index contributed by atoms with van der Waals surface area (Å²) in [6.07, 6.45) is 5.30. The van der Waals surface area contributed by atoms with E-state index in [1.807, 2.05) is 54.6 Å². The first-order chi connectivity index (χ1) is 9.79. The van der Waals surface area contributed by atoms with Crippen LogP contribution in [0.2, 0.25) is 0 Å². The molecule has 0 fully saturated rings. The Hall–Kier alpha value is -2.15. The van der Waals surface area contributed by atoms with Crippen molar-refractivity contribution in [2.75, 3.05) is 0 Å². The number of hydrogen-bond acceptors (Lipinski definition) is 1. The Bertz CT molecular complexity index is 555. The largest absolute Gasteiger partial charge is 0.295 e. The minimum atomic E-state index is 0.0670. The number of carbonyl (C=O) groups is 1. The lowest BCUT2D eigenvalue weighted by Crippen LogP contribution is -2.13. The normalized spacial score (nSPS) is 12.4. The number of benzene rings is 2. The Morgan fingerprint density at radius 3 is 2.20 bits per heavy atom. The predicted molar refractivity (Wildman–Crippen MR) is 84.4 cm³/mol. The monoisotopic (exact) mass is 264 g/mol. The molecular weight excluding hydrogens is 244 g/mol. The van der Waals surface area contributed by atoms with E-state index in [1.54, 1.807) is 6.08 Å². The highest BCUT2D eigenvalue weighted by molar-refractivity contribution is 5.95. The van der Waals surface area contributed by atoms with Crippen LogP contribution in [0.5, 0.6) is 0 Å². The molecule has 102 valence electrons. The minimum absolute atomic E-state index is 0.0670. The van der Waals surface area contributed by atoms with Crippen LogP contribution in [0.15, 0.2) is 66.7 Å². The van der Waals surface area contributed by atoms with Gasteiger partial charge in [-0.15, -0.1) is 0 Å². The third kappa shape index (κ3) is 4.20. The second-order valence-corrected chi connectivity index (χ2v) is 4.94. The number of allylic oxidation sites excluding steroid dienone is 1. The first-order valence-corrected chi connectivity index (χ1v) is 7.10. The fourth-order valence-electron chi connectivity index (χ4n) is 2.22. The molecule has 20 heavy (non-hydrogen) atoms. The zero-order valence-electron chi connectivity index (χ0n) is 11.8. The minimum Gasteiger partial charge on any atom is -0.295 e. The summed E-state index contributed by atoms with van der Waals surface area (Å²) in [6.45, 7) is 2.07. The SMILES string of the molecule is CCC(Cc1ccccc1)C(=O)C=Cc1ccccc1. The Morgan fingerprint density at radius 1 is 1.00 bits per heavy atom. The van der Waals surface area contributed by atoms with E-state index in [0.29, 0.717) is 0 Å². The van der Waals surface area contributed by atoms with Crippen molar-refractivity contribution in [2.45, 2.75) is 19.8 Å². The van der Waals surface area contributed by atoms with E-state index in [2.05, 4.69) is 19.1 Å². The fraction of sp³-hybridized carbons (Fsp3) is 0.211. The quantitative estimate of drug-likeness (QED) is 0.700. The molecule has 2 aromatic rings. The van der Waals surface area contributed by atoms with Gasteiger partial charge in [-0.25, -0.2) is 0 Å². The van der Waals surface area contributed by atoms with E-state index in [1.165, 1.54) is 5.56 Å². The second kappa shape index (κ2) is 7.44. The zero-order valence-corrected chi connectivity index (χ0v) is 11.8. The molecule has 1 atom stereocenters. The first kappa shape index (κ1) is 14.3. The maximum Gasteiger partial charge on any atom is 0.159 e. The van der Waals surface area contributed by atoms with Crippen molar-refractivity contribution in [3.63, 3.8) is 0 Å². The molecule has 0 saturated carbocycles. The summed E-state index contributed by atoms with van der Waals surface area (Å²) in [7, 11) is 0. The molecule has 0 aromatic heterocycles. The van der Waals surface area contributed by atoms with Crippen molar-refractivity contribution in [1.82, 2.24) is 0 Å². The van der Waals surface area contributed by atoms with Crippen LogP contribution in [0.1, 0.15) is 24.5 Å². The average molecular weight is 264 g/mol. The molecule has 0 saturated heterocycles. The molecular formula is C19H20O. The third-order valence-corrected chi connectivity index (χ3v) is 3.46. The zero-order chi connectivity index (χ0) is 14.2. The molecule has 0 aliphatic carbocycles. The van der Waals surface area contributed by atoms with Crippen LogP contribution in [0.4, 0.5) is 0 Å². The third-order valence-electron chi connectivity index (χ3n) is 3.46.